The van der Waals surface area contributed by atoms with Crippen molar-refractivity contribution in [1.29, 1.82) is 0 Å². The molecule has 0 amide bonds. The van der Waals surface area contributed by atoms with Crippen molar-refractivity contribution in [2.45, 2.75) is 31.1 Å². The highest BCUT2D eigenvalue weighted by molar-refractivity contribution is 7.99. The molecule has 0 N–H and O–H groups in total. The molecule has 23 heavy (non-hydrogen) atoms. The van der Waals surface area contributed by atoms with Crippen molar-refractivity contribution in [2.24, 2.45) is 0 Å². The van der Waals surface area contributed by atoms with Crippen LogP contribution in [0.1, 0.15) is 13.3 Å². The predicted octanol–water partition coefficient (Wildman–Crippen LogP) is 1.51. The first-order valence-electron chi connectivity index (χ1n) is 7.15. The molecule has 0 spiro atoms. The van der Waals surface area contributed by atoms with Crippen LogP contribution in [0.15, 0.2) is 28.0 Å². The maximum absolute atomic E-state index is 11.8. The molecule has 2 aromatic rings. The van der Waals surface area contributed by atoms with Crippen molar-refractivity contribution < 1.29 is 23.5 Å². The van der Waals surface area contributed by atoms with E-state index in [1.807, 2.05) is 11.5 Å². The molecular weight excluding hydrogens is 322 g/mol. The third kappa shape index (κ3) is 3.39. The maximum atomic E-state index is 11.8. The van der Waals surface area contributed by atoms with Gasteiger partial charge in [0.2, 0.25) is 6.10 Å². The summed E-state index contributed by atoms with van der Waals surface area (Å²) in [5.74, 6) is 0.291. The normalized spacial score (nSPS) is 17.3. The van der Waals surface area contributed by atoms with Gasteiger partial charge in [0.25, 0.3) is 0 Å². The fourth-order valence-electron chi connectivity index (χ4n) is 2.17. The van der Waals surface area contributed by atoms with Crippen molar-refractivity contribution in [1.82, 2.24) is 14.8 Å². The number of hydrogen-bond donors (Lipinski definition) is 0. The van der Waals surface area contributed by atoms with Crippen LogP contribution in [0.2, 0.25) is 0 Å². The van der Waals surface area contributed by atoms with Crippen LogP contribution in [-0.2, 0) is 25.6 Å². The summed E-state index contributed by atoms with van der Waals surface area (Å²) in [4.78, 5) is 23.1. The summed E-state index contributed by atoms with van der Waals surface area (Å²) in [5.41, 5.74) is 0. The minimum absolute atomic E-state index is 0.0417. The lowest BCUT2D eigenvalue weighted by Gasteiger charge is -2.08. The largest absolute Gasteiger partial charge is 0.463 e. The standard InChI is InChI=1S/C14H15N3O5S/c1-2-17-12(9-4-3-6-20-9)15-16-14(17)23-8-11(18)22-10-5-7-21-13(10)19/h3-4,6,10H,2,5,7-8H2,1H3/t10-/m0/s1. The van der Waals surface area contributed by atoms with E-state index in [0.29, 0.717) is 36.3 Å². The Balaban J connectivity index is 1.62. The summed E-state index contributed by atoms with van der Waals surface area (Å²) in [6.07, 6.45) is 1.18. The summed E-state index contributed by atoms with van der Waals surface area (Å²) in [5, 5.41) is 8.76. The fourth-order valence-corrected chi connectivity index (χ4v) is 2.95. The van der Waals surface area contributed by atoms with E-state index < -0.39 is 18.0 Å². The van der Waals surface area contributed by atoms with E-state index in [4.69, 9.17) is 13.9 Å². The highest BCUT2D eigenvalue weighted by Gasteiger charge is 2.30. The zero-order chi connectivity index (χ0) is 16.2. The number of cyclic esters (lactones) is 1. The molecule has 9 heteroatoms. The third-order valence-corrected chi connectivity index (χ3v) is 4.19. The molecule has 3 heterocycles. The van der Waals surface area contributed by atoms with E-state index in [1.54, 1.807) is 18.4 Å². The molecule has 1 saturated heterocycles. The molecule has 1 atom stereocenters. The molecule has 0 bridgehead atoms. The van der Waals surface area contributed by atoms with Gasteiger partial charge in [-0.2, -0.15) is 0 Å². The zero-order valence-electron chi connectivity index (χ0n) is 12.4. The Bertz CT molecular complexity index is 697. The van der Waals surface area contributed by atoms with Gasteiger partial charge in [0.1, 0.15) is 0 Å². The predicted molar refractivity (Wildman–Crippen MR) is 79.6 cm³/mol. The van der Waals surface area contributed by atoms with Crippen LogP contribution in [0.5, 0.6) is 0 Å². The minimum atomic E-state index is -0.786. The Kier molecular flexibility index (Phi) is 4.65. The van der Waals surface area contributed by atoms with Crippen molar-refractivity contribution in [2.75, 3.05) is 12.4 Å². The number of furan rings is 1. The lowest BCUT2D eigenvalue weighted by molar-refractivity contribution is -0.158. The Morgan fingerprint density at radius 2 is 2.39 bits per heavy atom. The average Bonchev–Trinajstić information content (AvgIpc) is 3.26. The SMILES string of the molecule is CCn1c(SCC(=O)O[C@H]2CCOC2=O)nnc1-c1ccco1. The van der Waals surface area contributed by atoms with Crippen LogP contribution in [-0.4, -0.2) is 45.2 Å². The fraction of sp³-hybridized carbons (Fsp3) is 0.429. The maximum Gasteiger partial charge on any atom is 0.347 e. The monoisotopic (exact) mass is 337 g/mol. The molecule has 1 aliphatic rings. The van der Waals surface area contributed by atoms with Crippen molar-refractivity contribution >= 4 is 23.7 Å². The van der Waals surface area contributed by atoms with Gasteiger partial charge in [-0.15, -0.1) is 10.2 Å². The molecule has 122 valence electrons. The first kappa shape index (κ1) is 15.6. The number of carbonyl (C=O) groups excluding carboxylic acids is 2. The molecule has 0 aromatic carbocycles. The van der Waals surface area contributed by atoms with Crippen molar-refractivity contribution in [3.63, 3.8) is 0 Å². The van der Waals surface area contributed by atoms with Gasteiger partial charge in [0, 0.05) is 13.0 Å². The van der Waals surface area contributed by atoms with Gasteiger partial charge in [-0.1, -0.05) is 11.8 Å². The lowest BCUT2D eigenvalue weighted by Crippen LogP contribution is -2.23. The van der Waals surface area contributed by atoms with E-state index in [0.717, 1.165) is 0 Å². The highest BCUT2D eigenvalue weighted by Crippen LogP contribution is 2.24. The van der Waals surface area contributed by atoms with Crippen LogP contribution in [0.4, 0.5) is 0 Å². The number of aromatic nitrogens is 3. The molecule has 0 radical (unpaired) electrons. The molecule has 1 aliphatic heterocycles. The van der Waals surface area contributed by atoms with E-state index >= 15 is 0 Å². The molecule has 3 rings (SSSR count). The Morgan fingerprint density at radius 3 is 3.04 bits per heavy atom. The molecule has 0 aliphatic carbocycles. The second-order valence-corrected chi connectivity index (χ2v) is 5.69. The number of ether oxygens (including phenoxy) is 2. The van der Waals surface area contributed by atoms with E-state index in [1.165, 1.54) is 11.8 Å². The Hall–Kier alpha value is -2.29. The van der Waals surface area contributed by atoms with Crippen molar-refractivity contribution in [3.05, 3.63) is 18.4 Å². The number of thioether (sulfide) groups is 1. The van der Waals surface area contributed by atoms with Gasteiger partial charge in [-0.25, -0.2) is 4.79 Å². The summed E-state index contributed by atoms with van der Waals surface area (Å²) in [6, 6.07) is 3.57. The third-order valence-electron chi connectivity index (χ3n) is 3.25. The van der Waals surface area contributed by atoms with Gasteiger partial charge >= 0.3 is 11.9 Å². The number of nitrogens with zero attached hydrogens (tertiary/aromatic N) is 3. The number of hydrogen-bond acceptors (Lipinski definition) is 8. The number of esters is 2. The minimum Gasteiger partial charge on any atom is -0.463 e. The van der Waals surface area contributed by atoms with Gasteiger partial charge in [0.15, 0.2) is 16.7 Å². The number of rotatable bonds is 6. The first-order chi connectivity index (χ1) is 11.2. The Morgan fingerprint density at radius 1 is 1.52 bits per heavy atom. The quantitative estimate of drug-likeness (QED) is 0.578. The van der Waals surface area contributed by atoms with E-state index in [9.17, 15) is 9.59 Å². The molecular formula is C14H15N3O5S. The zero-order valence-corrected chi connectivity index (χ0v) is 13.2. The summed E-state index contributed by atoms with van der Waals surface area (Å²) in [7, 11) is 0. The smallest absolute Gasteiger partial charge is 0.347 e. The van der Waals surface area contributed by atoms with Crippen LogP contribution >= 0.6 is 11.8 Å². The summed E-state index contributed by atoms with van der Waals surface area (Å²) >= 11 is 1.20. The molecule has 8 nitrogen and oxygen atoms in total. The van der Waals surface area contributed by atoms with Gasteiger partial charge < -0.3 is 13.9 Å². The second kappa shape index (κ2) is 6.86. The highest BCUT2D eigenvalue weighted by atomic mass is 32.2. The Labute approximate surface area is 136 Å². The molecule has 1 fully saturated rings. The topological polar surface area (TPSA) is 96.5 Å². The van der Waals surface area contributed by atoms with Crippen LogP contribution in [0.3, 0.4) is 0 Å². The van der Waals surface area contributed by atoms with Gasteiger partial charge in [0.05, 0.1) is 18.6 Å². The molecule has 2 aromatic heterocycles. The molecule has 0 unspecified atom stereocenters. The van der Waals surface area contributed by atoms with E-state index in [2.05, 4.69) is 10.2 Å². The average molecular weight is 337 g/mol. The van der Waals surface area contributed by atoms with Crippen LogP contribution in [0.25, 0.3) is 11.6 Å². The second-order valence-electron chi connectivity index (χ2n) is 4.75. The van der Waals surface area contributed by atoms with Gasteiger partial charge in [-0.3, -0.25) is 9.36 Å². The van der Waals surface area contributed by atoms with Gasteiger partial charge in [-0.05, 0) is 19.1 Å². The number of carbonyl (C=O) groups is 2. The van der Waals surface area contributed by atoms with Crippen LogP contribution < -0.4 is 0 Å². The first-order valence-corrected chi connectivity index (χ1v) is 8.13. The summed E-state index contributed by atoms with van der Waals surface area (Å²) in [6.45, 7) is 2.88. The summed E-state index contributed by atoms with van der Waals surface area (Å²) < 4.78 is 17.0. The van der Waals surface area contributed by atoms with Crippen LogP contribution in [0, 0.1) is 0 Å². The van der Waals surface area contributed by atoms with E-state index in [-0.39, 0.29) is 5.75 Å². The van der Waals surface area contributed by atoms with Crippen molar-refractivity contribution in [3.8, 4) is 11.6 Å². The lowest BCUT2D eigenvalue weighted by atomic mass is 10.3. The molecule has 0 saturated carbocycles.